The maximum Gasteiger partial charge on any atom is 0.337 e. The summed E-state index contributed by atoms with van der Waals surface area (Å²) in [6.07, 6.45) is 4.36. The number of carbonyl (C=O) groups excluding carboxylic acids is 2. The highest BCUT2D eigenvalue weighted by Gasteiger charge is 2.22. The van der Waals surface area contributed by atoms with Gasteiger partial charge < -0.3 is 14.6 Å². The maximum absolute atomic E-state index is 12.3. The SMILES string of the molecule is COC(=O)c1ccc2c(c1)CCC(NC(=O)c1cccn1C)C2. The Morgan fingerprint density at radius 1 is 1.26 bits per heavy atom. The highest BCUT2D eigenvalue weighted by atomic mass is 16.5. The normalized spacial score (nSPS) is 16.5. The lowest BCUT2D eigenvalue weighted by atomic mass is 9.87. The molecule has 0 spiro atoms. The molecule has 0 bridgehead atoms. The van der Waals surface area contributed by atoms with Crippen LogP contribution < -0.4 is 5.32 Å². The number of methoxy groups -OCH3 is 1. The Labute approximate surface area is 135 Å². The molecule has 5 heteroatoms. The minimum Gasteiger partial charge on any atom is -0.465 e. The Balaban J connectivity index is 1.70. The van der Waals surface area contributed by atoms with Crippen LogP contribution >= 0.6 is 0 Å². The number of nitrogens with zero attached hydrogens (tertiary/aromatic N) is 1. The molecule has 0 saturated heterocycles. The second-order valence-corrected chi connectivity index (χ2v) is 5.89. The summed E-state index contributed by atoms with van der Waals surface area (Å²) >= 11 is 0. The molecular weight excluding hydrogens is 292 g/mol. The van der Waals surface area contributed by atoms with Crippen molar-refractivity contribution in [2.24, 2.45) is 7.05 Å². The second-order valence-electron chi connectivity index (χ2n) is 5.89. The van der Waals surface area contributed by atoms with E-state index in [4.69, 9.17) is 4.74 Å². The molecule has 0 saturated carbocycles. The molecule has 1 amide bonds. The van der Waals surface area contributed by atoms with Gasteiger partial charge in [0.15, 0.2) is 0 Å². The molecule has 1 aromatic heterocycles. The fourth-order valence-corrected chi connectivity index (χ4v) is 3.08. The molecular formula is C18H20N2O3. The zero-order valence-electron chi connectivity index (χ0n) is 13.3. The van der Waals surface area contributed by atoms with Crippen molar-refractivity contribution in [3.05, 3.63) is 58.9 Å². The number of nitrogens with one attached hydrogen (secondary N) is 1. The van der Waals surface area contributed by atoms with Gasteiger partial charge in [-0.05, 0) is 54.7 Å². The van der Waals surface area contributed by atoms with Gasteiger partial charge in [0.05, 0.1) is 12.7 Å². The number of fused-ring (bicyclic) bond motifs is 1. The summed E-state index contributed by atoms with van der Waals surface area (Å²) in [5.41, 5.74) is 3.59. The first-order chi connectivity index (χ1) is 11.1. The number of aromatic nitrogens is 1. The number of hydrogen-bond donors (Lipinski definition) is 1. The molecule has 0 radical (unpaired) electrons. The average Bonchev–Trinajstić information content (AvgIpc) is 2.99. The zero-order valence-corrected chi connectivity index (χ0v) is 13.3. The monoisotopic (exact) mass is 312 g/mol. The maximum atomic E-state index is 12.3. The van der Waals surface area contributed by atoms with Gasteiger partial charge in [0.25, 0.3) is 5.91 Å². The molecule has 0 aliphatic heterocycles. The van der Waals surface area contributed by atoms with Crippen molar-refractivity contribution >= 4 is 11.9 Å². The second kappa shape index (κ2) is 6.28. The number of benzene rings is 1. The van der Waals surface area contributed by atoms with Gasteiger partial charge in [-0.25, -0.2) is 4.79 Å². The fourth-order valence-electron chi connectivity index (χ4n) is 3.08. The predicted molar refractivity (Wildman–Crippen MR) is 86.5 cm³/mol. The van der Waals surface area contributed by atoms with Crippen molar-refractivity contribution in [2.75, 3.05) is 7.11 Å². The van der Waals surface area contributed by atoms with Crippen molar-refractivity contribution in [3.8, 4) is 0 Å². The molecule has 1 unspecified atom stereocenters. The standard InChI is InChI=1S/C18H20N2O3/c1-20-9-3-4-16(20)17(21)19-15-8-7-12-10-14(18(22)23-2)6-5-13(12)11-15/h3-6,9-10,15H,7-8,11H2,1-2H3,(H,19,21). The van der Waals surface area contributed by atoms with Crippen LogP contribution in [0.4, 0.5) is 0 Å². The molecule has 5 nitrogen and oxygen atoms in total. The first kappa shape index (κ1) is 15.3. The summed E-state index contributed by atoms with van der Waals surface area (Å²) < 4.78 is 6.57. The molecule has 23 heavy (non-hydrogen) atoms. The van der Waals surface area contributed by atoms with Gasteiger partial charge in [-0.15, -0.1) is 0 Å². The number of aryl methyl sites for hydroxylation is 2. The smallest absolute Gasteiger partial charge is 0.337 e. The lowest BCUT2D eigenvalue weighted by Gasteiger charge is -2.26. The summed E-state index contributed by atoms with van der Waals surface area (Å²) in [5.74, 6) is -0.357. The molecule has 1 aliphatic rings. The number of carbonyl (C=O) groups is 2. The van der Waals surface area contributed by atoms with Crippen molar-refractivity contribution in [1.29, 1.82) is 0 Å². The lowest BCUT2D eigenvalue weighted by molar-refractivity contribution is 0.0600. The van der Waals surface area contributed by atoms with Crippen molar-refractivity contribution < 1.29 is 14.3 Å². The van der Waals surface area contributed by atoms with E-state index in [-0.39, 0.29) is 17.9 Å². The van der Waals surface area contributed by atoms with E-state index < -0.39 is 0 Å². The highest BCUT2D eigenvalue weighted by molar-refractivity contribution is 5.93. The third-order valence-corrected chi connectivity index (χ3v) is 4.37. The van der Waals surface area contributed by atoms with E-state index in [1.54, 1.807) is 6.07 Å². The quantitative estimate of drug-likeness (QED) is 0.883. The minimum absolute atomic E-state index is 0.0443. The van der Waals surface area contributed by atoms with E-state index in [2.05, 4.69) is 5.32 Å². The first-order valence-electron chi connectivity index (χ1n) is 7.71. The molecule has 1 aliphatic carbocycles. The highest BCUT2D eigenvalue weighted by Crippen LogP contribution is 2.23. The summed E-state index contributed by atoms with van der Waals surface area (Å²) in [6, 6.07) is 9.44. The summed E-state index contributed by atoms with van der Waals surface area (Å²) in [5, 5.41) is 3.10. The van der Waals surface area contributed by atoms with Crippen LogP contribution in [0.3, 0.4) is 0 Å². The van der Waals surface area contributed by atoms with Gasteiger partial charge in [-0.3, -0.25) is 4.79 Å². The number of rotatable bonds is 3. The van der Waals surface area contributed by atoms with Crippen LogP contribution in [0, 0.1) is 0 Å². The van der Waals surface area contributed by atoms with Gasteiger partial charge >= 0.3 is 5.97 Å². The van der Waals surface area contributed by atoms with Crippen LogP contribution in [-0.4, -0.2) is 29.6 Å². The van der Waals surface area contributed by atoms with E-state index in [0.29, 0.717) is 11.3 Å². The zero-order chi connectivity index (χ0) is 16.4. The molecule has 1 atom stereocenters. The van der Waals surface area contributed by atoms with Crippen molar-refractivity contribution in [1.82, 2.24) is 9.88 Å². The third-order valence-electron chi connectivity index (χ3n) is 4.37. The number of ether oxygens (including phenoxy) is 1. The summed E-state index contributed by atoms with van der Waals surface area (Å²) in [4.78, 5) is 23.9. The first-order valence-corrected chi connectivity index (χ1v) is 7.71. The molecule has 0 fully saturated rings. The summed E-state index contributed by atoms with van der Waals surface area (Å²) in [6.45, 7) is 0. The van der Waals surface area contributed by atoms with Crippen molar-refractivity contribution in [3.63, 3.8) is 0 Å². The molecule has 1 heterocycles. The Kier molecular flexibility index (Phi) is 4.19. The Morgan fingerprint density at radius 3 is 2.78 bits per heavy atom. The Morgan fingerprint density at radius 2 is 2.09 bits per heavy atom. The van der Waals surface area contributed by atoms with E-state index in [1.165, 1.54) is 12.7 Å². The van der Waals surface area contributed by atoms with Gasteiger partial charge in [0.1, 0.15) is 5.69 Å². The van der Waals surface area contributed by atoms with E-state index >= 15 is 0 Å². The van der Waals surface area contributed by atoms with Crippen LogP contribution in [-0.2, 0) is 24.6 Å². The van der Waals surface area contributed by atoms with E-state index in [1.807, 2.05) is 42.1 Å². The van der Waals surface area contributed by atoms with Gasteiger partial charge in [0, 0.05) is 19.3 Å². The van der Waals surface area contributed by atoms with Crippen LogP contribution in [0.15, 0.2) is 36.5 Å². The average molecular weight is 312 g/mol. The lowest BCUT2D eigenvalue weighted by Crippen LogP contribution is -2.39. The molecule has 2 aromatic rings. The molecule has 1 N–H and O–H groups in total. The van der Waals surface area contributed by atoms with Crippen LogP contribution in [0.5, 0.6) is 0 Å². The topological polar surface area (TPSA) is 60.3 Å². The van der Waals surface area contributed by atoms with E-state index in [0.717, 1.165) is 24.8 Å². The van der Waals surface area contributed by atoms with Crippen LogP contribution in [0.25, 0.3) is 0 Å². The van der Waals surface area contributed by atoms with Crippen LogP contribution in [0.1, 0.15) is 38.4 Å². The Hall–Kier alpha value is -2.56. The molecule has 3 rings (SSSR count). The number of hydrogen-bond acceptors (Lipinski definition) is 3. The number of amides is 1. The molecule has 120 valence electrons. The predicted octanol–water partition coefficient (Wildman–Crippen LogP) is 2.10. The van der Waals surface area contributed by atoms with Gasteiger partial charge in [-0.1, -0.05) is 6.07 Å². The largest absolute Gasteiger partial charge is 0.465 e. The minimum atomic E-state index is -0.313. The third kappa shape index (κ3) is 3.13. The molecule has 1 aromatic carbocycles. The fraction of sp³-hybridized carbons (Fsp3) is 0.333. The van der Waals surface area contributed by atoms with E-state index in [9.17, 15) is 9.59 Å². The Bertz CT molecular complexity index is 748. The summed E-state index contributed by atoms with van der Waals surface area (Å²) in [7, 11) is 3.25. The van der Waals surface area contributed by atoms with Gasteiger partial charge in [-0.2, -0.15) is 0 Å². The number of esters is 1. The van der Waals surface area contributed by atoms with Crippen LogP contribution in [0.2, 0.25) is 0 Å². The van der Waals surface area contributed by atoms with Crippen molar-refractivity contribution in [2.45, 2.75) is 25.3 Å². The van der Waals surface area contributed by atoms with Gasteiger partial charge in [0.2, 0.25) is 0 Å².